The number of hydrogen-bond acceptors (Lipinski definition) is 6. The van der Waals surface area contributed by atoms with Crippen molar-refractivity contribution in [3.63, 3.8) is 0 Å². The third-order valence-electron chi connectivity index (χ3n) is 5.54. The lowest BCUT2D eigenvalue weighted by atomic mass is 9.90. The fraction of sp³-hybridized carbons (Fsp3) is 0.524. The van der Waals surface area contributed by atoms with Crippen LogP contribution in [0.1, 0.15) is 37.8 Å². The summed E-state index contributed by atoms with van der Waals surface area (Å²) in [5, 5.41) is 12.7. The number of halogens is 1. The summed E-state index contributed by atoms with van der Waals surface area (Å²) in [4.78, 5) is 0.223. The lowest BCUT2D eigenvalue weighted by Crippen LogP contribution is -2.46. The van der Waals surface area contributed by atoms with Gasteiger partial charge in [-0.25, -0.2) is 8.42 Å². The van der Waals surface area contributed by atoms with Crippen LogP contribution >= 0.6 is 22.6 Å². The van der Waals surface area contributed by atoms with Crippen molar-refractivity contribution < 1.29 is 23.1 Å². The van der Waals surface area contributed by atoms with Crippen molar-refractivity contribution in [2.75, 3.05) is 20.0 Å². The minimum Gasteiger partial charge on any atom is -0.374 e. The highest BCUT2D eigenvalue weighted by atomic mass is 127. The van der Waals surface area contributed by atoms with Gasteiger partial charge in [0.1, 0.15) is 15.8 Å². The van der Waals surface area contributed by atoms with Crippen LogP contribution in [0.3, 0.4) is 0 Å². The topological polar surface area (TPSA) is 76.1 Å². The molecule has 1 aliphatic carbocycles. The predicted octanol–water partition coefficient (Wildman–Crippen LogP) is 4.02. The number of methoxy groups -OCH3 is 2. The number of alkyl halides is 1. The molecule has 3 rings (SSSR count). The Balaban J connectivity index is 2.23. The monoisotopic (exact) mass is 533 g/mol. The smallest absolute Gasteiger partial charge is 0.181 e. The SMILES string of the molecule is CCCC[C@]1(I)CS(=O)(=O)C2=CC(OC)C(OC)C=C2[C@@H](c2ccccc2)N1O. The predicted molar refractivity (Wildman–Crippen MR) is 121 cm³/mol. The van der Waals surface area contributed by atoms with E-state index >= 15 is 0 Å². The molecule has 1 N–H and O–H groups in total. The largest absolute Gasteiger partial charge is 0.374 e. The summed E-state index contributed by atoms with van der Waals surface area (Å²) in [6.45, 7) is 2.05. The van der Waals surface area contributed by atoms with Crippen LogP contribution in [0.2, 0.25) is 0 Å². The van der Waals surface area contributed by atoms with Crippen LogP contribution in [0.4, 0.5) is 0 Å². The van der Waals surface area contributed by atoms with Gasteiger partial charge in [-0.2, -0.15) is 5.06 Å². The Bertz CT molecular complexity index is 886. The third-order valence-corrected chi connectivity index (χ3v) is 9.37. The van der Waals surface area contributed by atoms with Crippen molar-refractivity contribution in [1.29, 1.82) is 0 Å². The molecular formula is C21H28INO5S. The van der Waals surface area contributed by atoms with Gasteiger partial charge in [-0.1, -0.05) is 72.7 Å². The molecule has 8 heteroatoms. The number of sulfone groups is 1. The van der Waals surface area contributed by atoms with E-state index in [2.05, 4.69) is 29.5 Å². The summed E-state index contributed by atoms with van der Waals surface area (Å²) < 4.78 is 37.0. The van der Waals surface area contributed by atoms with E-state index in [0.29, 0.717) is 12.0 Å². The maximum atomic E-state index is 13.4. The van der Waals surface area contributed by atoms with Crippen LogP contribution in [0, 0.1) is 0 Å². The van der Waals surface area contributed by atoms with E-state index in [9.17, 15) is 13.6 Å². The van der Waals surface area contributed by atoms with Crippen molar-refractivity contribution >= 4 is 32.4 Å². The lowest BCUT2D eigenvalue weighted by molar-refractivity contribution is -0.154. The zero-order chi connectivity index (χ0) is 21.2. The minimum absolute atomic E-state index is 0.169. The van der Waals surface area contributed by atoms with Gasteiger partial charge in [0.15, 0.2) is 9.84 Å². The molecule has 4 atom stereocenters. The van der Waals surface area contributed by atoms with Crippen LogP contribution in [0.15, 0.2) is 53.0 Å². The maximum Gasteiger partial charge on any atom is 0.181 e. The molecule has 0 amide bonds. The molecule has 2 aliphatic rings. The van der Waals surface area contributed by atoms with Crippen molar-refractivity contribution in [1.82, 2.24) is 5.06 Å². The van der Waals surface area contributed by atoms with Crippen LogP contribution in [0.25, 0.3) is 0 Å². The van der Waals surface area contributed by atoms with Crippen LogP contribution < -0.4 is 0 Å². The van der Waals surface area contributed by atoms with Gasteiger partial charge < -0.3 is 14.7 Å². The average molecular weight is 533 g/mol. The molecule has 2 unspecified atom stereocenters. The van der Waals surface area contributed by atoms with Crippen molar-refractivity contribution in [3.8, 4) is 0 Å². The van der Waals surface area contributed by atoms with Crippen molar-refractivity contribution in [3.05, 3.63) is 58.5 Å². The fourth-order valence-corrected chi connectivity index (χ4v) is 7.78. The first kappa shape index (κ1) is 22.9. The Morgan fingerprint density at radius 1 is 1.17 bits per heavy atom. The van der Waals surface area contributed by atoms with E-state index in [1.165, 1.54) is 12.2 Å². The number of ether oxygens (including phenoxy) is 2. The highest BCUT2D eigenvalue weighted by Crippen LogP contribution is 2.48. The molecule has 29 heavy (non-hydrogen) atoms. The molecule has 1 fully saturated rings. The Morgan fingerprint density at radius 2 is 1.79 bits per heavy atom. The molecule has 0 saturated carbocycles. The van der Waals surface area contributed by atoms with Gasteiger partial charge in [0.25, 0.3) is 0 Å². The first-order valence-electron chi connectivity index (χ1n) is 9.71. The highest BCUT2D eigenvalue weighted by Gasteiger charge is 2.50. The lowest BCUT2D eigenvalue weighted by Gasteiger charge is -2.38. The summed E-state index contributed by atoms with van der Waals surface area (Å²) >= 11 is 2.11. The van der Waals surface area contributed by atoms with E-state index in [1.807, 2.05) is 30.3 Å². The molecule has 1 aliphatic heterocycles. The van der Waals surface area contributed by atoms with Gasteiger partial charge in [0.2, 0.25) is 0 Å². The van der Waals surface area contributed by atoms with Crippen LogP contribution in [0.5, 0.6) is 0 Å². The first-order chi connectivity index (χ1) is 13.8. The normalized spacial score (nSPS) is 32.1. The van der Waals surface area contributed by atoms with E-state index in [4.69, 9.17) is 9.47 Å². The van der Waals surface area contributed by atoms with Gasteiger partial charge in [0, 0.05) is 14.2 Å². The Labute approximate surface area is 186 Å². The summed E-state index contributed by atoms with van der Waals surface area (Å²) in [6.07, 6.45) is 4.76. The quantitative estimate of drug-likeness (QED) is 0.338. The molecule has 1 heterocycles. The first-order valence-corrected chi connectivity index (χ1v) is 12.4. The maximum absolute atomic E-state index is 13.4. The summed E-state index contributed by atoms with van der Waals surface area (Å²) in [6, 6.07) is 8.88. The number of nitrogens with zero attached hydrogens (tertiary/aromatic N) is 1. The zero-order valence-electron chi connectivity index (χ0n) is 16.9. The number of benzene rings is 1. The Hall–Kier alpha value is -0.780. The van der Waals surface area contributed by atoms with E-state index in [1.54, 1.807) is 19.3 Å². The summed E-state index contributed by atoms with van der Waals surface area (Å²) in [5.74, 6) is -0.169. The molecule has 1 saturated heterocycles. The fourth-order valence-electron chi connectivity index (χ4n) is 4.00. The second-order valence-electron chi connectivity index (χ2n) is 7.49. The van der Waals surface area contributed by atoms with Crippen molar-refractivity contribution in [2.24, 2.45) is 0 Å². The van der Waals surface area contributed by atoms with Gasteiger partial charge >= 0.3 is 0 Å². The highest BCUT2D eigenvalue weighted by molar-refractivity contribution is 14.1. The molecule has 1 aromatic carbocycles. The van der Waals surface area contributed by atoms with Gasteiger partial charge in [-0.05, 0) is 29.7 Å². The number of rotatable bonds is 6. The Kier molecular flexibility index (Phi) is 7.23. The van der Waals surface area contributed by atoms with Gasteiger partial charge in [-0.15, -0.1) is 0 Å². The second kappa shape index (κ2) is 9.15. The van der Waals surface area contributed by atoms with E-state index in [-0.39, 0.29) is 10.7 Å². The minimum atomic E-state index is -3.66. The molecule has 0 bridgehead atoms. The van der Waals surface area contributed by atoms with Crippen molar-refractivity contribution in [2.45, 2.75) is 48.0 Å². The molecule has 0 spiro atoms. The molecular weight excluding hydrogens is 505 g/mol. The molecule has 0 radical (unpaired) electrons. The average Bonchev–Trinajstić information content (AvgIpc) is 2.77. The van der Waals surface area contributed by atoms with Gasteiger partial charge in [0.05, 0.1) is 16.7 Å². The molecule has 160 valence electrons. The number of unbranched alkanes of at least 4 members (excludes halogenated alkanes) is 1. The summed E-state index contributed by atoms with van der Waals surface area (Å²) in [5.41, 5.74) is 1.36. The van der Waals surface area contributed by atoms with Gasteiger partial charge in [-0.3, -0.25) is 0 Å². The number of hydrogen-bond donors (Lipinski definition) is 1. The third kappa shape index (κ3) is 4.47. The van der Waals surface area contributed by atoms with E-state index < -0.39 is 31.6 Å². The standard InChI is InChI=1S/C21H28INO5S/c1-4-5-11-21(22)14-29(25,26)19-13-18(28-3)17(27-2)12-16(19)20(23(21)24)15-9-7-6-8-10-15/h6-10,12-13,17-18,20,24H,4-5,11,14H2,1-3H3/t17?,18?,20-,21-/m1/s1. The zero-order valence-corrected chi connectivity index (χ0v) is 19.9. The van der Waals surface area contributed by atoms with E-state index in [0.717, 1.165) is 18.4 Å². The second-order valence-corrected chi connectivity index (χ2v) is 11.5. The molecule has 6 nitrogen and oxygen atoms in total. The molecule has 0 aromatic heterocycles. The molecule has 1 aromatic rings. The summed E-state index contributed by atoms with van der Waals surface area (Å²) in [7, 11) is -0.559. The number of hydroxylamine groups is 2. The van der Waals surface area contributed by atoms with Crippen LogP contribution in [-0.4, -0.2) is 54.4 Å². The number of fused-ring (bicyclic) bond motifs is 1. The Morgan fingerprint density at radius 3 is 2.38 bits per heavy atom. The van der Waals surface area contributed by atoms with Crippen LogP contribution in [-0.2, 0) is 19.3 Å².